The fourth-order valence-electron chi connectivity index (χ4n) is 0.816. The number of hydrogen-bond donors (Lipinski definition) is 2. The minimum absolute atomic E-state index is 0.349. The minimum Gasteiger partial charge on any atom is -0.465 e. The van der Waals surface area contributed by atoms with E-state index in [1.807, 2.05) is 0 Å². The molecule has 0 radical (unpaired) electrons. The zero-order chi connectivity index (χ0) is 9.84. The molecule has 6 heteroatoms. The number of rotatable bonds is 2. The molecule has 0 saturated heterocycles. The van der Waals surface area contributed by atoms with E-state index in [-0.39, 0.29) is 6.04 Å². The predicted molar refractivity (Wildman–Crippen MR) is 49.3 cm³/mol. The Morgan fingerprint density at radius 2 is 2.31 bits per heavy atom. The van der Waals surface area contributed by atoms with Crippen LogP contribution in [0, 0.1) is 0 Å². The standard InChI is InChI=1S/C7H8BrN3O2/c1-4(9-7(12)13)5-2-3-6(8)11-10-5/h2-4,9H,1H3,(H,12,13)/t4-/m1/s1. The normalized spacial score (nSPS) is 12.2. The number of nitrogens with one attached hydrogen (secondary N) is 1. The Morgan fingerprint density at radius 1 is 1.62 bits per heavy atom. The van der Waals surface area contributed by atoms with Gasteiger partial charge in [0.1, 0.15) is 4.60 Å². The van der Waals surface area contributed by atoms with E-state index in [9.17, 15) is 4.79 Å². The van der Waals surface area contributed by atoms with Crippen LogP contribution in [0.25, 0.3) is 0 Å². The molecule has 5 nitrogen and oxygen atoms in total. The highest BCUT2D eigenvalue weighted by Crippen LogP contribution is 2.10. The molecule has 0 bridgehead atoms. The lowest BCUT2D eigenvalue weighted by molar-refractivity contribution is 0.190. The number of carboxylic acid groups (broad SMARTS) is 1. The maximum absolute atomic E-state index is 10.3. The van der Waals surface area contributed by atoms with E-state index < -0.39 is 6.09 Å². The van der Waals surface area contributed by atoms with Gasteiger partial charge in [-0.3, -0.25) is 0 Å². The first-order chi connectivity index (χ1) is 6.09. The van der Waals surface area contributed by atoms with E-state index in [1.165, 1.54) is 0 Å². The Labute approximate surface area is 83.3 Å². The van der Waals surface area contributed by atoms with Crippen LogP contribution in [0.2, 0.25) is 0 Å². The number of halogens is 1. The predicted octanol–water partition coefficient (Wildman–Crippen LogP) is 1.57. The molecule has 2 N–H and O–H groups in total. The highest BCUT2D eigenvalue weighted by molar-refractivity contribution is 9.10. The van der Waals surface area contributed by atoms with Gasteiger partial charge in [-0.1, -0.05) is 0 Å². The van der Waals surface area contributed by atoms with Crippen molar-refractivity contribution in [1.29, 1.82) is 0 Å². The molecule has 1 aromatic rings. The van der Waals surface area contributed by atoms with Gasteiger partial charge in [0.25, 0.3) is 0 Å². The summed E-state index contributed by atoms with van der Waals surface area (Å²) in [5.41, 5.74) is 0.589. The lowest BCUT2D eigenvalue weighted by atomic mass is 10.2. The number of hydrogen-bond acceptors (Lipinski definition) is 3. The van der Waals surface area contributed by atoms with Crippen molar-refractivity contribution in [2.24, 2.45) is 0 Å². The molecule has 70 valence electrons. The molecule has 0 aromatic carbocycles. The molecule has 0 aliphatic rings. The van der Waals surface area contributed by atoms with E-state index in [0.717, 1.165) is 0 Å². The van der Waals surface area contributed by atoms with Crippen LogP contribution in [0.5, 0.6) is 0 Å². The van der Waals surface area contributed by atoms with Crippen molar-refractivity contribution in [2.45, 2.75) is 13.0 Å². The van der Waals surface area contributed by atoms with Crippen LogP contribution in [-0.4, -0.2) is 21.4 Å². The second-order valence-corrected chi connectivity index (χ2v) is 3.26. The summed E-state index contributed by atoms with van der Waals surface area (Å²) >= 11 is 3.14. The molecular weight excluding hydrogens is 238 g/mol. The van der Waals surface area contributed by atoms with Crippen molar-refractivity contribution in [3.63, 3.8) is 0 Å². The van der Waals surface area contributed by atoms with Crippen molar-refractivity contribution in [1.82, 2.24) is 15.5 Å². The number of aromatic nitrogens is 2. The summed E-state index contributed by atoms with van der Waals surface area (Å²) < 4.78 is 0.624. The van der Waals surface area contributed by atoms with Gasteiger partial charge in [-0.05, 0) is 35.0 Å². The number of nitrogens with zero attached hydrogens (tertiary/aromatic N) is 2. The molecule has 13 heavy (non-hydrogen) atoms. The van der Waals surface area contributed by atoms with Gasteiger partial charge < -0.3 is 10.4 Å². The Balaban J connectivity index is 2.71. The third kappa shape index (κ3) is 2.98. The van der Waals surface area contributed by atoms with Crippen LogP contribution in [0.3, 0.4) is 0 Å². The van der Waals surface area contributed by atoms with E-state index in [2.05, 4.69) is 31.4 Å². The molecule has 1 atom stereocenters. The molecule has 0 aliphatic heterocycles. The van der Waals surface area contributed by atoms with Crippen molar-refractivity contribution >= 4 is 22.0 Å². The van der Waals surface area contributed by atoms with E-state index in [4.69, 9.17) is 5.11 Å². The molecule has 0 fully saturated rings. The molecule has 1 rings (SSSR count). The van der Waals surface area contributed by atoms with Crippen LogP contribution in [-0.2, 0) is 0 Å². The summed E-state index contributed by atoms with van der Waals surface area (Å²) in [5, 5.41) is 18.3. The van der Waals surface area contributed by atoms with Gasteiger partial charge in [-0.2, -0.15) is 5.10 Å². The Hall–Kier alpha value is -1.17. The Morgan fingerprint density at radius 3 is 2.77 bits per heavy atom. The Kier molecular flexibility index (Phi) is 3.18. The van der Waals surface area contributed by atoms with Crippen LogP contribution in [0.15, 0.2) is 16.7 Å². The third-order valence-electron chi connectivity index (χ3n) is 1.44. The second-order valence-electron chi connectivity index (χ2n) is 2.45. The smallest absolute Gasteiger partial charge is 0.405 e. The quantitative estimate of drug-likeness (QED) is 0.830. The van der Waals surface area contributed by atoms with Gasteiger partial charge >= 0.3 is 6.09 Å². The lowest BCUT2D eigenvalue weighted by Crippen LogP contribution is -2.25. The van der Waals surface area contributed by atoms with Gasteiger partial charge in [-0.15, -0.1) is 5.10 Å². The fourth-order valence-corrected chi connectivity index (χ4v) is 1.03. The van der Waals surface area contributed by atoms with Gasteiger partial charge in [0.2, 0.25) is 0 Å². The lowest BCUT2D eigenvalue weighted by Gasteiger charge is -2.08. The largest absolute Gasteiger partial charge is 0.465 e. The molecule has 1 heterocycles. The summed E-state index contributed by atoms with van der Waals surface area (Å²) in [6.07, 6.45) is -1.07. The van der Waals surface area contributed by atoms with E-state index in [1.54, 1.807) is 19.1 Å². The van der Waals surface area contributed by atoms with Gasteiger partial charge in [-0.25, -0.2) is 4.79 Å². The highest BCUT2D eigenvalue weighted by atomic mass is 79.9. The van der Waals surface area contributed by atoms with Crippen molar-refractivity contribution < 1.29 is 9.90 Å². The molecule has 0 spiro atoms. The highest BCUT2D eigenvalue weighted by Gasteiger charge is 2.09. The van der Waals surface area contributed by atoms with Crippen molar-refractivity contribution in [2.75, 3.05) is 0 Å². The first-order valence-corrected chi connectivity index (χ1v) is 4.37. The third-order valence-corrected chi connectivity index (χ3v) is 1.86. The number of carbonyl (C=O) groups is 1. The Bertz CT molecular complexity index is 301. The molecule has 0 unspecified atom stereocenters. The minimum atomic E-state index is -1.07. The van der Waals surface area contributed by atoms with E-state index >= 15 is 0 Å². The monoisotopic (exact) mass is 245 g/mol. The first-order valence-electron chi connectivity index (χ1n) is 3.58. The molecule has 1 aromatic heterocycles. The van der Waals surface area contributed by atoms with Crippen molar-refractivity contribution in [3.05, 3.63) is 22.4 Å². The molecule has 1 amide bonds. The number of amides is 1. The average molecular weight is 246 g/mol. The summed E-state index contributed by atoms with van der Waals surface area (Å²) in [6, 6.07) is 3.07. The molecule has 0 saturated carbocycles. The summed E-state index contributed by atoms with van der Waals surface area (Å²) in [4.78, 5) is 10.3. The zero-order valence-corrected chi connectivity index (χ0v) is 8.45. The summed E-state index contributed by atoms with van der Waals surface area (Å²) in [7, 11) is 0. The topological polar surface area (TPSA) is 75.1 Å². The average Bonchev–Trinajstić information content (AvgIpc) is 2.04. The molecule has 0 aliphatic carbocycles. The molecular formula is C7H8BrN3O2. The summed E-state index contributed by atoms with van der Waals surface area (Å²) in [5.74, 6) is 0. The maximum atomic E-state index is 10.3. The van der Waals surface area contributed by atoms with Crippen LogP contribution >= 0.6 is 15.9 Å². The van der Waals surface area contributed by atoms with Crippen LogP contribution in [0.4, 0.5) is 4.79 Å². The van der Waals surface area contributed by atoms with Crippen LogP contribution in [0.1, 0.15) is 18.7 Å². The zero-order valence-electron chi connectivity index (χ0n) is 6.86. The van der Waals surface area contributed by atoms with E-state index in [0.29, 0.717) is 10.3 Å². The fraction of sp³-hybridized carbons (Fsp3) is 0.286. The van der Waals surface area contributed by atoms with Gasteiger partial charge in [0, 0.05) is 0 Å². The van der Waals surface area contributed by atoms with Crippen molar-refractivity contribution in [3.8, 4) is 0 Å². The maximum Gasteiger partial charge on any atom is 0.405 e. The van der Waals surface area contributed by atoms with Crippen LogP contribution < -0.4 is 5.32 Å². The second kappa shape index (κ2) is 4.18. The SMILES string of the molecule is C[C@@H](NC(=O)O)c1ccc(Br)nn1. The summed E-state index contributed by atoms with van der Waals surface area (Å²) in [6.45, 7) is 1.70. The van der Waals surface area contributed by atoms with Gasteiger partial charge in [0.05, 0.1) is 11.7 Å². The van der Waals surface area contributed by atoms with Gasteiger partial charge in [0.15, 0.2) is 0 Å². The first kappa shape index (κ1) is 9.91.